The SMILES string of the molecule is COCCc1nc2cnc3cc(-c4c(C)noc4C)c(OC)cc3c2n1Cc1ccccc1OC(F)(F)F. The van der Waals surface area contributed by atoms with Gasteiger partial charge in [-0.05, 0) is 32.0 Å². The van der Waals surface area contributed by atoms with E-state index < -0.39 is 6.36 Å². The maximum atomic E-state index is 13.1. The highest BCUT2D eigenvalue weighted by Gasteiger charge is 2.32. The van der Waals surface area contributed by atoms with E-state index in [4.69, 9.17) is 19.0 Å². The standard InChI is InChI=1S/C27H25F3N4O4/c1-15-25(16(2)38-33-15)19-11-20-18(12-23(19)36-4)26-21(13-31-20)32-24(9-10-35-3)34(26)14-17-7-5-6-8-22(17)37-27(28,29)30/h5-8,11-13H,9-10,14H2,1-4H3. The molecule has 0 spiro atoms. The molecule has 5 aromatic rings. The third kappa shape index (κ3) is 4.76. The number of ether oxygens (including phenoxy) is 3. The summed E-state index contributed by atoms with van der Waals surface area (Å²) in [7, 11) is 3.15. The van der Waals surface area contributed by atoms with E-state index in [1.165, 1.54) is 12.1 Å². The molecule has 0 saturated carbocycles. The zero-order valence-corrected chi connectivity index (χ0v) is 21.2. The quantitative estimate of drug-likeness (QED) is 0.245. The van der Waals surface area contributed by atoms with Crippen LogP contribution in [0.25, 0.3) is 33.1 Å². The Bertz CT molecular complexity index is 1610. The van der Waals surface area contributed by atoms with E-state index in [2.05, 4.69) is 14.9 Å². The zero-order chi connectivity index (χ0) is 27.0. The van der Waals surface area contributed by atoms with Gasteiger partial charge in [0.1, 0.15) is 28.6 Å². The molecule has 0 saturated heterocycles. The first kappa shape index (κ1) is 25.5. The number of benzene rings is 2. The number of rotatable bonds is 8. The van der Waals surface area contributed by atoms with Crippen LogP contribution in [0.15, 0.2) is 47.1 Å². The van der Waals surface area contributed by atoms with E-state index >= 15 is 0 Å². The Morgan fingerprint density at radius 2 is 1.82 bits per heavy atom. The lowest BCUT2D eigenvalue weighted by molar-refractivity contribution is -0.274. The summed E-state index contributed by atoms with van der Waals surface area (Å²) in [6.07, 6.45) is -2.71. The van der Waals surface area contributed by atoms with Crippen LogP contribution in [0.3, 0.4) is 0 Å². The predicted molar refractivity (Wildman–Crippen MR) is 134 cm³/mol. The summed E-state index contributed by atoms with van der Waals surface area (Å²) < 4.78 is 61.9. The van der Waals surface area contributed by atoms with E-state index in [1.54, 1.807) is 32.5 Å². The van der Waals surface area contributed by atoms with Crippen molar-refractivity contribution in [3.63, 3.8) is 0 Å². The molecule has 3 aromatic heterocycles. The second-order valence-electron chi connectivity index (χ2n) is 8.77. The number of alkyl halides is 3. The number of hydrogen-bond donors (Lipinski definition) is 0. The molecule has 0 fully saturated rings. The first-order valence-electron chi connectivity index (χ1n) is 11.8. The first-order chi connectivity index (χ1) is 18.2. The lowest BCUT2D eigenvalue weighted by Gasteiger charge is -2.16. The van der Waals surface area contributed by atoms with Gasteiger partial charge >= 0.3 is 6.36 Å². The number of aromatic nitrogens is 4. The highest BCUT2D eigenvalue weighted by Crippen LogP contribution is 2.39. The van der Waals surface area contributed by atoms with Crippen molar-refractivity contribution in [3.8, 4) is 22.6 Å². The van der Waals surface area contributed by atoms with Crippen LogP contribution in [0, 0.1) is 13.8 Å². The summed E-state index contributed by atoms with van der Waals surface area (Å²) in [6, 6.07) is 9.84. The van der Waals surface area contributed by atoms with Gasteiger partial charge in [0.15, 0.2) is 0 Å². The molecular weight excluding hydrogens is 501 g/mol. The second-order valence-corrected chi connectivity index (χ2v) is 8.77. The summed E-state index contributed by atoms with van der Waals surface area (Å²) >= 11 is 0. The normalized spacial score (nSPS) is 12.0. The van der Waals surface area contributed by atoms with Gasteiger partial charge in [0.05, 0.1) is 48.7 Å². The molecule has 0 aliphatic rings. The van der Waals surface area contributed by atoms with Gasteiger partial charge in [-0.25, -0.2) is 4.98 Å². The monoisotopic (exact) mass is 526 g/mol. The fourth-order valence-corrected chi connectivity index (χ4v) is 4.70. The first-order valence-corrected chi connectivity index (χ1v) is 11.8. The Morgan fingerprint density at radius 1 is 1.03 bits per heavy atom. The van der Waals surface area contributed by atoms with Crippen LogP contribution >= 0.6 is 0 Å². The number of hydrogen-bond acceptors (Lipinski definition) is 7. The smallest absolute Gasteiger partial charge is 0.496 e. The van der Waals surface area contributed by atoms with Crippen LogP contribution in [0.4, 0.5) is 13.2 Å². The van der Waals surface area contributed by atoms with Gasteiger partial charge in [-0.3, -0.25) is 4.98 Å². The van der Waals surface area contributed by atoms with Crippen molar-refractivity contribution in [2.45, 2.75) is 33.2 Å². The summed E-state index contributed by atoms with van der Waals surface area (Å²) in [5, 5.41) is 4.79. The largest absolute Gasteiger partial charge is 0.573 e. The Kier molecular flexibility index (Phi) is 6.70. The van der Waals surface area contributed by atoms with Crippen molar-refractivity contribution >= 4 is 21.9 Å². The van der Waals surface area contributed by atoms with E-state index in [9.17, 15) is 13.2 Å². The van der Waals surface area contributed by atoms with Gasteiger partial charge in [0.2, 0.25) is 0 Å². The average Bonchev–Trinajstić information content (AvgIpc) is 3.40. The summed E-state index contributed by atoms with van der Waals surface area (Å²) in [6.45, 7) is 4.15. The number of para-hydroxylation sites is 1. The summed E-state index contributed by atoms with van der Waals surface area (Å²) in [5.41, 5.74) is 4.64. The number of nitrogens with zero attached hydrogens (tertiary/aromatic N) is 4. The lowest BCUT2D eigenvalue weighted by Crippen LogP contribution is -2.19. The van der Waals surface area contributed by atoms with Gasteiger partial charge in [-0.15, -0.1) is 13.2 Å². The van der Waals surface area contributed by atoms with Crippen molar-refractivity contribution in [2.75, 3.05) is 20.8 Å². The molecule has 0 unspecified atom stereocenters. The molecule has 5 rings (SSSR count). The minimum absolute atomic E-state index is 0.0921. The minimum atomic E-state index is -4.81. The van der Waals surface area contributed by atoms with Crippen LogP contribution in [0.2, 0.25) is 0 Å². The molecule has 38 heavy (non-hydrogen) atoms. The Balaban J connectivity index is 1.73. The maximum absolute atomic E-state index is 13.1. The molecule has 2 aromatic carbocycles. The second kappa shape index (κ2) is 9.97. The Morgan fingerprint density at radius 3 is 2.50 bits per heavy atom. The van der Waals surface area contributed by atoms with Crippen molar-refractivity contribution in [1.82, 2.24) is 19.7 Å². The van der Waals surface area contributed by atoms with Crippen LogP contribution in [0.5, 0.6) is 11.5 Å². The predicted octanol–water partition coefficient (Wildman–Crippen LogP) is 6.00. The number of imidazole rings is 1. The summed E-state index contributed by atoms with van der Waals surface area (Å²) in [4.78, 5) is 9.38. The third-order valence-corrected chi connectivity index (χ3v) is 6.33. The molecule has 11 heteroatoms. The number of pyridine rings is 1. The number of aryl methyl sites for hydroxylation is 2. The lowest BCUT2D eigenvalue weighted by atomic mass is 10.0. The summed E-state index contributed by atoms with van der Waals surface area (Å²) in [5.74, 6) is 1.60. The fourth-order valence-electron chi connectivity index (χ4n) is 4.70. The average molecular weight is 527 g/mol. The van der Waals surface area contributed by atoms with Crippen LogP contribution in [-0.2, 0) is 17.7 Å². The molecule has 0 radical (unpaired) electrons. The zero-order valence-electron chi connectivity index (χ0n) is 21.2. The minimum Gasteiger partial charge on any atom is -0.496 e. The third-order valence-electron chi connectivity index (χ3n) is 6.33. The van der Waals surface area contributed by atoms with Crippen molar-refractivity contribution < 1.29 is 31.9 Å². The van der Waals surface area contributed by atoms with Crippen molar-refractivity contribution in [3.05, 3.63) is 65.4 Å². The fraction of sp³-hybridized carbons (Fsp3) is 0.296. The van der Waals surface area contributed by atoms with Gasteiger partial charge < -0.3 is 23.3 Å². The topological polar surface area (TPSA) is 84.4 Å². The van der Waals surface area contributed by atoms with E-state index in [0.29, 0.717) is 52.5 Å². The van der Waals surface area contributed by atoms with Crippen molar-refractivity contribution in [1.29, 1.82) is 0 Å². The molecule has 3 heterocycles. The van der Waals surface area contributed by atoms with E-state index in [0.717, 1.165) is 22.2 Å². The van der Waals surface area contributed by atoms with Crippen LogP contribution < -0.4 is 9.47 Å². The van der Waals surface area contributed by atoms with Gasteiger partial charge in [-0.1, -0.05) is 23.4 Å². The number of methoxy groups -OCH3 is 2. The molecule has 198 valence electrons. The van der Waals surface area contributed by atoms with Crippen molar-refractivity contribution in [2.24, 2.45) is 0 Å². The Labute approximate surface area is 215 Å². The highest BCUT2D eigenvalue weighted by atomic mass is 19.4. The van der Waals surface area contributed by atoms with Crippen LogP contribution in [-0.4, -0.2) is 46.9 Å². The van der Waals surface area contributed by atoms with Gasteiger partial charge in [0.25, 0.3) is 0 Å². The molecule has 0 bridgehead atoms. The molecule has 0 N–H and O–H groups in total. The van der Waals surface area contributed by atoms with E-state index in [1.807, 2.05) is 30.5 Å². The number of halogens is 3. The highest BCUT2D eigenvalue weighted by molar-refractivity contribution is 6.05. The van der Waals surface area contributed by atoms with Crippen LogP contribution in [0.1, 0.15) is 22.8 Å². The molecule has 0 aliphatic carbocycles. The molecule has 8 nitrogen and oxygen atoms in total. The Hall–Kier alpha value is -4.12. The van der Waals surface area contributed by atoms with Gasteiger partial charge in [0, 0.05) is 30.0 Å². The maximum Gasteiger partial charge on any atom is 0.573 e. The molecule has 0 atom stereocenters. The van der Waals surface area contributed by atoms with Gasteiger partial charge in [-0.2, -0.15) is 0 Å². The van der Waals surface area contributed by atoms with E-state index in [-0.39, 0.29) is 12.3 Å². The molecular formula is C27H25F3N4O4. The molecule has 0 aliphatic heterocycles. The molecule has 0 amide bonds. The number of fused-ring (bicyclic) bond motifs is 3.